The molecule has 2 N–H and O–H groups in total. The Morgan fingerprint density at radius 3 is 2.67 bits per heavy atom. The lowest BCUT2D eigenvalue weighted by atomic mass is 10.00. The minimum atomic E-state index is -0.0996. The maximum Gasteiger partial charge on any atom is 0.256 e. The standard InChI is InChI=1S/C30H29N3O3/c1-35-24-6-4-5-20(16-24)21-7-9-26-27(30(34)32-29(26)18-21)19-23-15-22-17-25(8-10-28(22)31-23)36-14-13-33-11-2-3-12-33/h4-10,15-19,31H,2-3,11-14H2,1H3,(H,32,34)/b27-19+. The Balaban J connectivity index is 1.22. The van der Waals surface area contributed by atoms with Crippen LogP contribution in [-0.4, -0.2) is 49.1 Å². The van der Waals surface area contributed by atoms with Gasteiger partial charge in [-0.15, -0.1) is 0 Å². The van der Waals surface area contributed by atoms with E-state index in [0.717, 1.165) is 57.0 Å². The second-order valence-corrected chi connectivity index (χ2v) is 9.38. The number of likely N-dealkylation sites (tertiary alicyclic amines) is 1. The lowest BCUT2D eigenvalue weighted by Gasteiger charge is -2.14. The van der Waals surface area contributed by atoms with Crippen molar-refractivity contribution >= 4 is 34.1 Å². The number of ether oxygens (including phenoxy) is 2. The maximum atomic E-state index is 12.8. The van der Waals surface area contributed by atoms with E-state index in [0.29, 0.717) is 12.2 Å². The summed E-state index contributed by atoms with van der Waals surface area (Å²) in [5, 5.41) is 4.08. The molecule has 0 radical (unpaired) electrons. The zero-order valence-electron chi connectivity index (χ0n) is 20.3. The average molecular weight is 480 g/mol. The van der Waals surface area contributed by atoms with Crippen LogP contribution in [0.3, 0.4) is 0 Å². The number of carbonyl (C=O) groups is 1. The molecule has 0 bridgehead atoms. The molecule has 4 aromatic rings. The number of aromatic nitrogens is 1. The van der Waals surface area contributed by atoms with E-state index in [-0.39, 0.29) is 5.91 Å². The Kier molecular flexibility index (Phi) is 5.95. The van der Waals surface area contributed by atoms with E-state index >= 15 is 0 Å². The van der Waals surface area contributed by atoms with Gasteiger partial charge in [0.1, 0.15) is 18.1 Å². The number of amides is 1. The van der Waals surface area contributed by atoms with Gasteiger partial charge in [0.25, 0.3) is 5.91 Å². The first-order chi connectivity index (χ1) is 17.7. The van der Waals surface area contributed by atoms with Gasteiger partial charge in [-0.25, -0.2) is 0 Å². The van der Waals surface area contributed by atoms with E-state index in [4.69, 9.17) is 9.47 Å². The predicted molar refractivity (Wildman–Crippen MR) is 144 cm³/mol. The molecule has 182 valence electrons. The van der Waals surface area contributed by atoms with Crippen LogP contribution in [0.4, 0.5) is 5.69 Å². The second kappa shape index (κ2) is 9.55. The van der Waals surface area contributed by atoms with Crippen molar-refractivity contribution < 1.29 is 14.3 Å². The van der Waals surface area contributed by atoms with Gasteiger partial charge in [0, 0.05) is 34.4 Å². The van der Waals surface area contributed by atoms with Crippen molar-refractivity contribution in [2.75, 3.05) is 38.7 Å². The molecule has 1 aromatic heterocycles. The fourth-order valence-electron chi connectivity index (χ4n) is 5.08. The van der Waals surface area contributed by atoms with Crippen molar-refractivity contribution in [3.63, 3.8) is 0 Å². The van der Waals surface area contributed by atoms with Gasteiger partial charge in [0.15, 0.2) is 0 Å². The minimum Gasteiger partial charge on any atom is -0.497 e. The predicted octanol–water partition coefficient (Wildman–Crippen LogP) is 5.81. The highest BCUT2D eigenvalue weighted by Gasteiger charge is 2.24. The highest BCUT2D eigenvalue weighted by Crippen LogP contribution is 2.37. The van der Waals surface area contributed by atoms with Crippen LogP contribution in [0.15, 0.2) is 66.7 Å². The molecule has 6 rings (SSSR count). The van der Waals surface area contributed by atoms with Gasteiger partial charge in [-0.2, -0.15) is 0 Å². The molecule has 36 heavy (non-hydrogen) atoms. The van der Waals surface area contributed by atoms with Crippen LogP contribution in [0.25, 0.3) is 33.7 Å². The molecule has 6 heteroatoms. The number of fused-ring (bicyclic) bond motifs is 2. The number of carbonyl (C=O) groups excluding carboxylic acids is 1. The average Bonchev–Trinajstić information content (AvgIpc) is 3.63. The SMILES string of the molecule is COc1cccc(-c2ccc3c(c2)NC(=O)/C3=C/c2cc3cc(OCCN4CCCC4)ccc3[nH]2)c1. The summed E-state index contributed by atoms with van der Waals surface area (Å²) >= 11 is 0. The Hall–Kier alpha value is -4.03. The molecule has 2 aliphatic heterocycles. The van der Waals surface area contributed by atoms with Gasteiger partial charge in [-0.05, 0) is 85.6 Å². The zero-order valence-corrected chi connectivity index (χ0v) is 20.3. The smallest absolute Gasteiger partial charge is 0.256 e. The number of hydrogen-bond donors (Lipinski definition) is 2. The summed E-state index contributed by atoms with van der Waals surface area (Å²) in [6.07, 6.45) is 4.50. The first kappa shape index (κ1) is 22.4. The van der Waals surface area contributed by atoms with Crippen LogP contribution < -0.4 is 14.8 Å². The number of nitrogens with one attached hydrogen (secondary N) is 2. The van der Waals surface area contributed by atoms with Crippen LogP contribution in [0.2, 0.25) is 0 Å². The molecule has 2 aliphatic rings. The number of anilines is 1. The van der Waals surface area contributed by atoms with Gasteiger partial charge in [-0.3, -0.25) is 9.69 Å². The molecule has 0 atom stereocenters. The summed E-state index contributed by atoms with van der Waals surface area (Å²) in [5.74, 6) is 1.57. The number of benzene rings is 3. The largest absolute Gasteiger partial charge is 0.497 e. The van der Waals surface area contributed by atoms with E-state index in [1.54, 1.807) is 7.11 Å². The first-order valence-electron chi connectivity index (χ1n) is 12.5. The summed E-state index contributed by atoms with van der Waals surface area (Å²) in [7, 11) is 1.66. The summed E-state index contributed by atoms with van der Waals surface area (Å²) in [4.78, 5) is 18.7. The number of hydrogen-bond acceptors (Lipinski definition) is 4. The third-order valence-corrected chi connectivity index (χ3v) is 6.99. The number of rotatable bonds is 7. The lowest BCUT2D eigenvalue weighted by Crippen LogP contribution is -2.25. The van der Waals surface area contributed by atoms with Crippen LogP contribution in [0, 0.1) is 0 Å². The Morgan fingerprint density at radius 1 is 0.944 bits per heavy atom. The lowest BCUT2D eigenvalue weighted by molar-refractivity contribution is -0.110. The summed E-state index contributed by atoms with van der Waals surface area (Å²) in [6, 6.07) is 22.1. The van der Waals surface area contributed by atoms with E-state index in [1.165, 1.54) is 25.9 Å². The Bertz CT molecular complexity index is 1460. The topological polar surface area (TPSA) is 66.6 Å². The van der Waals surface area contributed by atoms with Gasteiger partial charge >= 0.3 is 0 Å². The molecule has 1 amide bonds. The fourth-order valence-corrected chi connectivity index (χ4v) is 5.08. The molecule has 1 saturated heterocycles. The molecule has 0 aliphatic carbocycles. The molecule has 1 fully saturated rings. The van der Waals surface area contributed by atoms with Crippen molar-refractivity contribution in [2.45, 2.75) is 12.8 Å². The van der Waals surface area contributed by atoms with Crippen LogP contribution in [0.5, 0.6) is 11.5 Å². The zero-order chi connectivity index (χ0) is 24.5. The molecule has 0 unspecified atom stereocenters. The third-order valence-electron chi connectivity index (χ3n) is 6.99. The highest BCUT2D eigenvalue weighted by molar-refractivity contribution is 6.35. The first-order valence-corrected chi connectivity index (χ1v) is 12.5. The van der Waals surface area contributed by atoms with Crippen LogP contribution in [-0.2, 0) is 4.79 Å². The van der Waals surface area contributed by atoms with Gasteiger partial charge in [-0.1, -0.05) is 24.3 Å². The van der Waals surface area contributed by atoms with Crippen molar-refractivity contribution in [3.05, 3.63) is 78.0 Å². The number of aromatic amines is 1. The van der Waals surface area contributed by atoms with E-state index < -0.39 is 0 Å². The quantitative estimate of drug-likeness (QED) is 0.328. The van der Waals surface area contributed by atoms with Crippen LogP contribution >= 0.6 is 0 Å². The minimum absolute atomic E-state index is 0.0996. The highest BCUT2D eigenvalue weighted by atomic mass is 16.5. The van der Waals surface area contributed by atoms with Gasteiger partial charge in [0.05, 0.1) is 12.7 Å². The monoisotopic (exact) mass is 479 g/mol. The molecular formula is C30H29N3O3. The van der Waals surface area contributed by atoms with E-state index in [1.807, 2.05) is 60.7 Å². The third kappa shape index (κ3) is 4.48. The molecule has 3 aromatic carbocycles. The van der Waals surface area contributed by atoms with Crippen LogP contribution in [0.1, 0.15) is 24.1 Å². The molecule has 0 spiro atoms. The van der Waals surface area contributed by atoms with Gasteiger partial charge in [0.2, 0.25) is 0 Å². The molecule has 3 heterocycles. The van der Waals surface area contributed by atoms with Gasteiger partial charge < -0.3 is 19.8 Å². The maximum absolute atomic E-state index is 12.8. The van der Waals surface area contributed by atoms with E-state index in [2.05, 4.69) is 27.3 Å². The summed E-state index contributed by atoms with van der Waals surface area (Å²) in [5.41, 5.74) is 6.33. The number of methoxy groups -OCH3 is 1. The van der Waals surface area contributed by atoms with Crippen molar-refractivity contribution in [3.8, 4) is 22.6 Å². The molecule has 0 saturated carbocycles. The number of nitrogens with zero attached hydrogens (tertiary/aromatic N) is 1. The molecular weight excluding hydrogens is 450 g/mol. The molecule has 6 nitrogen and oxygen atoms in total. The normalized spacial score (nSPS) is 16.5. The number of H-pyrrole nitrogens is 1. The Morgan fingerprint density at radius 2 is 1.81 bits per heavy atom. The Labute approximate surface area is 210 Å². The second-order valence-electron chi connectivity index (χ2n) is 9.38. The van der Waals surface area contributed by atoms with E-state index in [9.17, 15) is 4.79 Å². The van der Waals surface area contributed by atoms with Crippen molar-refractivity contribution in [1.29, 1.82) is 0 Å². The van der Waals surface area contributed by atoms with Crippen molar-refractivity contribution in [1.82, 2.24) is 9.88 Å². The fraction of sp³-hybridized carbons (Fsp3) is 0.233. The summed E-state index contributed by atoms with van der Waals surface area (Å²) < 4.78 is 11.4. The summed E-state index contributed by atoms with van der Waals surface area (Å²) in [6.45, 7) is 4.02. The van der Waals surface area contributed by atoms with Crippen molar-refractivity contribution in [2.24, 2.45) is 0 Å².